The molecule has 8 heteroatoms. The molecule has 0 atom stereocenters. The first kappa shape index (κ1) is 19.8. The highest BCUT2D eigenvalue weighted by Gasteiger charge is 2.22. The van der Waals surface area contributed by atoms with E-state index in [0.29, 0.717) is 0 Å². The Balaban J connectivity index is 1.50. The fourth-order valence-corrected chi connectivity index (χ4v) is 3.32. The molecular formula is C23H18N4O4. The molecule has 4 rings (SSSR count). The molecule has 2 aliphatic heterocycles. The van der Waals surface area contributed by atoms with Crippen LogP contribution in [0.25, 0.3) is 0 Å². The number of nitro benzene ring substituents is 2. The van der Waals surface area contributed by atoms with Crippen molar-refractivity contribution in [3.63, 3.8) is 0 Å². The number of allylic oxidation sites excluding steroid dienone is 6. The Kier molecular flexibility index (Phi) is 5.44. The van der Waals surface area contributed by atoms with Crippen molar-refractivity contribution in [2.24, 2.45) is 0 Å². The van der Waals surface area contributed by atoms with E-state index in [0.717, 1.165) is 23.8 Å². The van der Waals surface area contributed by atoms with E-state index in [1.54, 1.807) is 17.3 Å². The third-order valence-corrected chi connectivity index (χ3v) is 4.91. The van der Waals surface area contributed by atoms with Crippen LogP contribution in [0.4, 0.5) is 17.1 Å². The molecule has 0 bridgehead atoms. The number of non-ortho nitro benzene ring substituents is 1. The van der Waals surface area contributed by atoms with Crippen LogP contribution in [-0.2, 0) is 6.54 Å². The van der Waals surface area contributed by atoms with Crippen molar-refractivity contribution in [1.82, 2.24) is 4.90 Å². The summed E-state index contributed by atoms with van der Waals surface area (Å²) in [6, 6.07) is 13.8. The lowest BCUT2D eigenvalue weighted by atomic mass is 10.0. The van der Waals surface area contributed by atoms with Gasteiger partial charge in [0, 0.05) is 37.4 Å². The van der Waals surface area contributed by atoms with E-state index in [9.17, 15) is 20.2 Å². The number of nitro groups is 2. The Morgan fingerprint density at radius 3 is 1.94 bits per heavy atom. The van der Waals surface area contributed by atoms with Crippen molar-refractivity contribution in [1.29, 1.82) is 0 Å². The molecule has 2 heterocycles. The van der Waals surface area contributed by atoms with Gasteiger partial charge in [0.05, 0.1) is 15.9 Å². The number of nitrogens with zero attached hydrogens (tertiary/aromatic N) is 4. The second-order valence-electron chi connectivity index (χ2n) is 6.93. The normalized spacial score (nSPS) is 15.0. The molecule has 0 aromatic heterocycles. The molecule has 0 amide bonds. The average Bonchev–Trinajstić information content (AvgIpc) is 2.80. The second-order valence-corrected chi connectivity index (χ2v) is 6.93. The Morgan fingerprint density at radius 1 is 0.742 bits per heavy atom. The van der Waals surface area contributed by atoms with Crippen molar-refractivity contribution in [3.05, 3.63) is 135 Å². The van der Waals surface area contributed by atoms with Gasteiger partial charge in [-0.25, -0.2) is 0 Å². The van der Waals surface area contributed by atoms with Gasteiger partial charge >= 0.3 is 0 Å². The van der Waals surface area contributed by atoms with Crippen molar-refractivity contribution >= 4 is 17.1 Å². The van der Waals surface area contributed by atoms with E-state index < -0.39 is 9.85 Å². The molecule has 154 valence electrons. The summed E-state index contributed by atoms with van der Waals surface area (Å²) in [5.41, 5.74) is 2.79. The zero-order valence-electron chi connectivity index (χ0n) is 16.4. The van der Waals surface area contributed by atoms with Crippen LogP contribution in [0.3, 0.4) is 0 Å². The highest BCUT2D eigenvalue weighted by atomic mass is 16.6. The fourth-order valence-electron chi connectivity index (χ4n) is 3.32. The maximum atomic E-state index is 11.4. The van der Waals surface area contributed by atoms with Gasteiger partial charge < -0.3 is 9.80 Å². The number of hydrogen-bond donors (Lipinski definition) is 0. The molecule has 0 aliphatic carbocycles. The maximum Gasteiger partial charge on any atom is 0.300 e. The minimum Gasteiger partial charge on any atom is -0.350 e. The van der Waals surface area contributed by atoms with Crippen molar-refractivity contribution in [3.8, 4) is 0 Å². The van der Waals surface area contributed by atoms with E-state index in [4.69, 9.17) is 0 Å². The van der Waals surface area contributed by atoms with Crippen LogP contribution in [-0.4, -0.2) is 14.7 Å². The van der Waals surface area contributed by atoms with Crippen molar-refractivity contribution in [2.45, 2.75) is 6.54 Å². The van der Waals surface area contributed by atoms with Crippen LogP contribution in [0.15, 0.2) is 109 Å². The first-order valence-corrected chi connectivity index (χ1v) is 9.49. The summed E-state index contributed by atoms with van der Waals surface area (Å²) in [5, 5.41) is 22.3. The Bertz CT molecular complexity index is 1150. The molecule has 2 aromatic rings. The first-order chi connectivity index (χ1) is 15.0. The van der Waals surface area contributed by atoms with Gasteiger partial charge in [0.15, 0.2) is 0 Å². The van der Waals surface area contributed by atoms with E-state index in [1.807, 2.05) is 54.9 Å². The predicted molar refractivity (Wildman–Crippen MR) is 118 cm³/mol. The molecule has 0 saturated heterocycles. The number of rotatable bonds is 5. The molecule has 0 N–H and O–H groups in total. The molecule has 0 saturated carbocycles. The number of hydrogen-bond acceptors (Lipinski definition) is 6. The van der Waals surface area contributed by atoms with Crippen molar-refractivity contribution in [2.75, 3.05) is 4.90 Å². The summed E-state index contributed by atoms with van der Waals surface area (Å²) in [7, 11) is 0. The highest BCUT2D eigenvalue weighted by molar-refractivity contribution is 5.71. The van der Waals surface area contributed by atoms with Crippen LogP contribution in [0.2, 0.25) is 0 Å². The third kappa shape index (κ3) is 4.43. The second kappa shape index (κ2) is 8.50. The first-order valence-electron chi connectivity index (χ1n) is 9.49. The monoisotopic (exact) mass is 414 g/mol. The molecule has 0 radical (unpaired) electrons. The van der Waals surface area contributed by atoms with E-state index in [2.05, 4.69) is 17.0 Å². The lowest BCUT2D eigenvalue weighted by Crippen LogP contribution is -2.13. The van der Waals surface area contributed by atoms with Gasteiger partial charge in [-0.2, -0.15) is 0 Å². The predicted octanol–water partition coefficient (Wildman–Crippen LogP) is 5.19. The summed E-state index contributed by atoms with van der Waals surface area (Å²) in [6.07, 6.45) is 15.1. The zero-order chi connectivity index (χ0) is 21.8. The minimum atomic E-state index is -0.649. The summed E-state index contributed by atoms with van der Waals surface area (Å²) in [6.45, 7) is 0.778. The van der Waals surface area contributed by atoms with Crippen LogP contribution < -0.4 is 4.90 Å². The van der Waals surface area contributed by atoms with Gasteiger partial charge in [0.2, 0.25) is 0 Å². The van der Waals surface area contributed by atoms with Crippen LogP contribution in [0.1, 0.15) is 5.56 Å². The Hall–Kier alpha value is -4.46. The zero-order valence-corrected chi connectivity index (χ0v) is 16.4. The van der Waals surface area contributed by atoms with Gasteiger partial charge in [-0.1, -0.05) is 30.3 Å². The van der Waals surface area contributed by atoms with Crippen LogP contribution in [0, 0.1) is 20.2 Å². The average molecular weight is 414 g/mol. The quantitative estimate of drug-likeness (QED) is 0.494. The number of benzene rings is 2. The molecule has 2 aliphatic rings. The Morgan fingerprint density at radius 2 is 1.35 bits per heavy atom. The molecule has 0 spiro atoms. The lowest BCUT2D eigenvalue weighted by molar-refractivity contribution is -0.393. The molecule has 8 nitrogen and oxygen atoms in total. The molecule has 0 unspecified atom stereocenters. The molecule has 2 aromatic carbocycles. The number of anilines is 1. The van der Waals surface area contributed by atoms with Gasteiger partial charge in [-0.3, -0.25) is 20.2 Å². The fraction of sp³-hybridized carbons (Fsp3) is 0.0435. The van der Waals surface area contributed by atoms with E-state index >= 15 is 0 Å². The smallest absolute Gasteiger partial charge is 0.300 e. The van der Waals surface area contributed by atoms with Crippen LogP contribution in [0.5, 0.6) is 0 Å². The summed E-state index contributed by atoms with van der Waals surface area (Å²) in [5.74, 6) is 0. The minimum absolute atomic E-state index is 0.260. The topological polar surface area (TPSA) is 92.8 Å². The van der Waals surface area contributed by atoms with Gasteiger partial charge in [-0.15, -0.1) is 0 Å². The SMILES string of the molecule is O=[N+]([O-])c1ccc(N2C=CC(=C3C=CN(Cc4ccccc4)C=C3)C=C2)c([N+](=O)[O-])c1. The van der Waals surface area contributed by atoms with Gasteiger partial charge in [-0.05, 0) is 47.1 Å². The van der Waals surface area contributed by atoms with E-state index in [-0.39, 0.29) is 17.1 Å². The summed E-state index contributed by atoms with van der Waals surface area (Å²) < 4.78 is 0. The largest absolute Gasteiger partial charge is 0.350 e. The van der Waals surface area contributed by atoms with Gasteiger partial charge in [0.25, 0.3) is 11.4 Å². The van der Waals surface area contributed by atoms with Crippen LogP contribution >= 0.6 is 0 Å². The highest BCUT2D eigenvalue weighted by Crippen LogP contribution is 2.34. The summed E-state index contributed by atoms with van der Waals surface area (Å²) >= 11 is 0. The molecule has 0 fully saturated rings. The molecule has 31 heavy (non-hydrogen) atoms. The van der Waals surface area contributed by atoms with E-state index in [1.165, 1.54) is 17.7 Å². The maximum absolute atomic E-state index is 11.4. The summed E-state index contributed by atoms with van der Waals surface area (Å²) in [4.78, 5) is 24.7. The van der Waals surface area contributed by atoms with Crippen molar-refractivity contribution < 1.29 is 9.85 Å². The Labute approximate surface area is 178 Å². The third-order valence-electron chi connectivity index (χ3n) is 4.91. The lowest BCUT2D eigenvalue weighted by Gasteiger charge is -2.22. The van der Waals surface area contributed by atoms with Gasteiger partial charge in [0.1, 0.15) is 5.69 Å². The molecular weight excluding hydrogens is 396 g/mol. The standard InChI is InChI=1S/C23H18N4O4/c28-26(29)21-6-7-22(23(16-21)27(30)31)25-14-10-20(11-15-25)19-8-12-24(13-9-19)17-18-4-2-1-3-5-18/h1-16H,17H2.